The smallest absolute Gasteiger partial charge is 0.241 e. The molecule has 0 unspecified atom stereocenters. The Labute approximate surface area is 99.4 Å². The first-order valence-corrected chi connectivity index (χ1v) is 5.71. The van der Waals surface area contributed by atoms with Crippen molar-refractivity contribution >= 4 is 23.2 Å². The number of hydrogen-bond donors (Lipinski definition) is 2. The van der Waals surface area contributed by atoms with Gasteiger partial charge in [0, 0.05) is 6.20 Å². The second kappa shape index (κ2) is 4.80. The lowest BCUT2D eigenvalue weighted by Gasteiger charge is -2.12. The lowest BCUT2D eigenvalue weighted by atomic mass is 10.2. The van der Waals surface area contributed by atoms with Crippen LogP contribution in [0, 0.1) is 6.92 Å². The van der Waals surface area contributed by atoms with Crippen molar-refractivity contribution in [2.45, 2.75) is 25.8 Å². The molecule has 1 atom stereocenters. The summed E-state index contributed by atoms with van der Waals surface area (Å²) in [4.78, 5) is 15.8. The van der Waals surface area contributed by atoms with Crippen molar-refractivity contribution in [2.24, 2.45) is 0 Å². The van der Waals surface area contributed by atoms with E-state index in [-0.39, 0.29) is 11.9 Å². The summed E-state index contributed by atoms with van der Waals surface area (Å²) < 4.78 is 0. The molecule has 0 aromatic carbocycles. The SMILES string of the molecule is Cc1cnc(Cl)c(NC(=O)[C@H]2CCCN2)c1. The van der Waals surface area contributed by atoms with Crippen LogP contribution >= 0.6 is 11.6 Å². The molecule has 0 bridgehead atoms. The fourth-order valence-corrected chi connectivity index (χ4v) is 1.92. The van der Waals surface area contributed by atoms with Crippen LogP contribution < -0.4 is 10.6 Å². The van der Waals surface area contributed by atoms with Gasteiger partial charge in [0.15, 0.2) is 5.15 Å². The van der Waals surface area contributed by atoms with Gasteiger partial charge < -0.3 is 10.6 Å². The van der Waals surface area contributed by atoms with Gasteiger partial charge in [-0.05, 0) is 37.9 Å². The Morgan fingerprint density at radius 3 is 3.19 bits per heavy atom. The summed E-state index contributed by atoms with van der Waals surface area (Å²) in [5.74, 6) is -0.0354. The molecule has 0 saturated carbocycles. The van der Waals surface area contributed by atoms with E-state index >= 15 is 0 Å². The number of hydrogen-bond acceptors (Lipinski definition) is 3. The summed E-state index contributed by atoms with van der Waals surface area (Å²) in [5, 5.41) is 6.26. The fourth-order valence-electron chi connectivity index (χ4n) is 1.77. The molecule has 4 nitrogen and oxygen atoms in total. The zero-order chi connectivity index (χ0) is 11.5. The largest absolute Gasteiger partial charge is 0.322 e. The molecule has 1 fully saturated rings. The number of amides is 1. The molecule has 0 spiro atoms. The average Bonchev–Trinajstić information content (AvgIpc) is 2.76. The van der Waals surface area contributed by atoms with Crippen LogP contribution in [0.2, 0.25) is 5.15 Å². The molecule has 16 heavy (non-hydrogen) atoms. The van der Waals surface area contributed by atoms with Gasteiger partial charge >= 0.3 is 0 Å². The van der Waals surface area contributed by atoms with Crippen molar-refractivity contribution in [1.82, 2.24) is 10.3 Å². The Kier molecular flexibility index (Phi) is 3.41. The van der Waals surface area contributed by atoms with Crippen LogP contribution in [0.1, 0.15) is 18.4 Å². The highest BCUT2D eigenvalue weighted by Crippen LogP contribution is 2.20. The number of aryl methyl sites for hydroxylation is 1. The van der Waals surface area contributed by atoms with Crippen LogP contribution in [0.15, 0.2) is 12.3 Å². The molecule has 1 aliphatic heterocycles. The summed E-state index contributed by atoms with van der Waals surface area (Å²) in [7, 11) is 0. The molecular weight excluding hydrogens is 226 g/mol. The van der Waals surface area contributed by atoms with Crippen LogP contribution in [0.4, 0.5) is 5.69 Å². The molecule has 1 saturated heterocycles. The van der Waals surface area contributed by atoms with Crippen molar-refractivity contribution in [3.05, 3.63) is 23.0 Å². The quantitative estimate of drug-likeness (QED) is 0.773. The Morgan fingerprint density at radius 2 is 2.50 bits per heavy atom. The van der Waals surface area contributed by atoms with E-state index in [9.17, 15) is 4.79 Å². The zero-order valence-corrected chi connectivity index (χ0v) is 9.84. The summed E-state index contributed by atoms with van der Waals surface area (Å²) in [5.41, 5.74) is 1.56. The maximum absolute atomic E-state index is 11.8. The molecule has 2 N–H and O–H groups in total. The molecule has 1 aliphatic rings. The van der Waals surface area contributed by atoms with Crippen LogP contribution in [0.3, 0.4) is 0 Å². The minimum atomic E-state index is -0.100. The number of carbonyl (C=O) groups is 1. The van der Waals surface area contributed by atoms with E-state index < -0.39 is 0 Å². The van der Waals surface area contributed by atoms with Crippen LogP contribution in [-0.4, -0.2) is 23.5 Å². The molecule has 0 radical (unpaired) electrons. The van der Waals surface area contributed by atoms with E-state index in [2.05, 4.69) is 15.6 Å². The number of pyridine rings is 1. The summed E-state index contributed by atoms with van der Waals surface area (Å²) in [6.45, 7) is 2.81. The Balaban J connectivity index is 2.07. The van der Waals surface area contributed by atoms with Gasteiger partial charge in [-0.15, -0.1) is 0 Å². The Bertz CT molecular complexity index is 402. The van der Waals surface area contributed by atoms with Gasteiger partial charge in [-0.25, -0.2) is 4.98 Å². The molecule has 2 rings (SSSR count). The van der Waals surface area contributed by atoms with E-state index in [0.717, 1.165) is 24.9 Å². The maximum Gasteiger partial charge on any atom is 0.241 e. The van der Waals surface area contributed by atoms with Crippen LogP contribution in [-0.2, 0) is 4.79 Å². The topological polar surface area (TPSA) is 54.0 Å². The first-order valence-electron chi connectivity index (χ1n) is 5.33. The fraction of sp³-hybridized carbons (Fsp3) is 0.455. The number of aromatic nitrogens is 1. The highest BCUT2D eigenvalue weighted by atomic mass is 35.5. The third-order valence-corrected chi connectivity index (χ3v) is 2.91. The summed E-state index contributed by atoms with van der Waals surface area (Å²) in [6.07, 6.45) is 3.59. The lowest BCUT2D eigenvalue weighted by molar-refractivity contribution is -0.117. The first-order chi connectivity index (χ1) is 7.66. The summed E-state index contributed by atoms with van der Waals surface area (Å²) in [6, 6.07) is 1.72. The van der Waals surface area contributed by atoms with Crippen LogP contribution in [0.5, 0.6) is 0 Å². The second-order valence-corrected chi connectivity index (χ2v) is 4.35. The third-order valence-electron chi connectivity index (χ3n) is 2.61. The van der Waals surface area contributed by atoms with Crippen LogP contribution in [0.25, 0.3) is 0 Å². The van der Waals surface area contributed by atoms with Gasteiger partial charge in [-0.3, -0.25) is 4.79 Å². The minimum absolute atomic E-state index is 0.0354. The van der Waals surface area contributed by atoms with E-state index in [0.29, 0.717) is 10.8 Å². The van der Waals surface area contributed by atoms with Gasteiger partial charge in [-0.2, -0.15) is 0 Å². The number of carbonyl (C=O) groups excluding carboxylic acids is 1. The van der Waals surface area contributed by atoms with Crippen molar-refractivity contribution in [1.29, 1.82) is 0 Å². The van der Waals surface area contributed by atoms with E-state index in [1.807, 2.05) is 13.0 Å². The highest BCUT2D eigenvalue weighted by molar-refractivity contribution is 6.32. The van der Waals surface area contributed by atoms with Gasteiger partial charge in [0.05, 0.1) is 11.7 Å². The number of rotatable bonds is 2. The number of nitrogens with zero attached hydrogens (tertiary/aromatic N) is 1. The van der Waals surface area contributed by atoms with Gasteiger partial charge in [-0.1, -0.05) is 11.6 Å². The number of nitrogens with one attached hydrogen (secondary N) is 2. The van der Waals surface area contributed by atoms with Crippen molar-refractivity contribution < 1.29 is 4.79 Å². The Hall–Kier alpha value is -1.13. The van der Waals surface area contributed by atoms with E-state index in [1.54, 1.807) is 6.20 Å². The highest BCUT2D eigenvalue weighted by Gasteiger charge is 2.22. The van der Waals surface area contributed by atoms with Gasteiger partial charge in [0.1, 0.15) is 0 Å². The van der Waals surface area contributed by atoms with E-state index in [4.69, 9.17) is 11.6 Å². The zero-order valence-electron chi connectivity index (χ0n) is 9.09. The molecule has 2 heterocycles. The molecule has 0 aliphatic carbocycles. The Morgan fingerprint density at radius 1 is 1.69 bits per heavy atom. The molecule has 86 valence electrons. The average molecular weight is 240 g/mol. The lowest BCUT2D eigenvalue weighted by Crippen LogP contribution is -2.35. The molecule has 5 heteroatoms. The van der Waals surface area contributed by atoms with Crippen molar-refractivity contribution in [3.63, 3.8) is 0 Å². The standard InChI is InChI=1S/C11H14ClN3O/c1-7-5-9(10(12)14-6-7)15-11(16)8-3-2-4-13-8/h5-6,8,13H,2-4H2,1H3,(H,15,16)/t8-/m1/s1. The van der Waals surface area contributed by atoms with Gasteiger partial charge in [0.25, 0.3) is 0 Å². The molecular formula is C11H14ClN3O. The monoisotopic (exact) mass is 239 g/mol. The predicted octanol–water partition coefficient (Wildman–Crippen LogP) is 1.73. The first kappa shape index (κ1) is 11.4. The number of halogens is 1. The van der Waals surface area contributed by atoms with Crippen molar-refractivity contribution in [2.75, 3.05) is 11.9 Å². The maximum atomic E-state index is 11.8. The van der Waals surface area contributed by atoms with Gasteiger partial charge in [0.2, 0.25) is 5.91 Å². The molecule has 1 aromatic rings. The third kappa shape index (κ3) is 2.51. The molecule has 1 amide bonds. The second-order valence-electron chi connectivity index (χ2n) is 3.99. The molecule has 1 aromatic heterocycles. The van der Waals surface area contributed by atoms with Crippen molar-refractivity contribution in [3.8, 4) is 0 Å². The number of anilines is 1. The minimum Gasteiger partial charge on any atom is -0.322 e. The summed E-state index contributed by atoms with van der Waals surface area (Å²) >= 11 is 5.90. The normalized spacial score (nSPS) is 19.8. The predicted molar refractivity (Wildman–Crippen MR) is 63.6 cm³/mol. The van der Waals surface area contributed by atoms with E-state index in [1.165, 1.54) is 0 Å².